The molecule has 0 aliphatic carbocycles. The Morgan fingerprint density at radius 2 is 1.80 bits per heavy atom. The highest BCUT2D eigenvalue weighted by molar-refractivity contribution is 5.88. The highest BCUT2D eigenvalue weighted by atomic mass is 16.3. The third kappa shape index (κ3) is 5.12. The minimum atomic E-state index is -0.0972. The maximum atomic E-state index is 9.59. The van der Waals surface area contributed by atoms with E-state index in [4.69, 9.17) is 15.8 Å². The molecule has 1 aromatic carbocycles. The lowest BCUT2D eigenvalue weighted by Gasteiger charge is -2.29. The normalized spacial score (nSPS) is 15.2. The lowest BCUT2D eigenvalue weighted by molar-refractivity contribution is 0.256. The molecule has 0 bridgehead atoms. The van der Waals surface area contributed by atoms with E-state index in [0.717, 1.165) is 67.7 Å². The van der Waals surface area contributed by atoms with Crippen molar-refractivity contribution in [3.05, 3.63) is 71.7 Å². The number of aliphatic hydroxyl groups is 1. The van der Waals surface area contributed by atoms with E-state index in [2.05, 4.69) is 47.3 Å². The molecule has 0 amide bonds. The van der Waals surface area contributed by atoms with Gasteiger partial charge in [0.25, 0.3) is 0 Å². The zero-order chi connectivity index (χ0) is 24.2. The Balaban J connectivity index is 1.62. The summed E-state index contributed by atoms with van der Waals surface area (Å²) in [6, 6.07) is 16.5. The molecule has 182 valence electrons. The van der Waals surface area contributed by atoms with Crippen molar-refractivity contribution in [1.29, 1.82) is 0 Å². The number of hydrogen-bond donors (Lipinski definition) is 2. The topological polar surface area (TPSA) is 93.1 Å². The number of benzene rings is 1. The van der Waals surface area contributed by atoms with Gasteiger partial charge in [-0.1, -0.05) is 12.1 Å². The first-order valence-corrected chi connectivity index (χ1v) is 12.6. The van der Waals surface area contributed by atoms with Crippen LogP contribution in [0.2, 0.25) is 0 Å². The van der Waals surface area contributed by atoms with E-state index in [0.29, 0.717) is 24.0 Å². The van der Waals surface area contributed by atoms with Gasteiger partial charge in [-0.05, 0) is 107 Å². The highest BCUT2D eigenvalue weighted by Gasteiger charge is 2.23. The average molecular weight is 471 g/mol. The predicted octanol–water partition coefficient (Wildman–Crippen LogP) is 4.07. The van der Waals surface area contributed by atoms with Crippen LogP contribution in [0.4, 0.5) is 0 Å². The largest absolute Gasteiger partial charge is 0.390 e. The maximum absolute atomic E-state index is 9.59. The molecule has 0 spiro atoms. The zero-order valence-corrected chi connectivity index (χ0v) is 20.4. The molecule has 1 aliphatic heterocycles. The van der Waals surface area contributed by atoms with Gasteiger partial charge >= 0.3 is 0 Å². The molecule has 35 heavy (non-hydrogen) atoms. The minimum Gasteiger partial charge on any atom is -0.390 e. The molecule has 3 aromatic heterocycles. The SMILES string of the molecule is CN1CCC(c2cc(-c3cccc(CCCCN)n3)cc3c2cnn3-c2cccc(CO)n2)CC1. The highest BCUT2D eigenvalue weighted by Crippen LogP contribution is 2.36. The summed E-state index contributed by atoms with van der Waals surface area (Å²) < 4.78 is 1.89. The fourth-order valence-corrected chi connectivity index (χ4v) is 5.04. The molecule has 0 unspecified atom stereocenters. The van der Waals surface area contributed by atoms with Gasteiger partial charge in [-0.25, -0.2) is 9.67 Å². The summed E-state index contributed by atoms with van der Waals surface area (Å²) >= 11 is 0. The van der Waals surface area contributed by atoms with Crippen LogP contribution < -0.4 is 5.73 Å². The van der Waals surface area contributed by atoms with Crippen molar-refractivity contribution in [2.24, 2.45) is 5.73 Å². The van der Waals surface area contributed by atoms with E-state index in [1.165, 1.54) is 10.9 Å². The van der Waals surface area contributed by atoms with E-state index in [1.807, 2.05) is 29.1 Å². The first-order valence-electron chi connectivity index (χ1n) is 12.6. The standard InChI is InChI=1S/C28H34N6O/c1-33-14-11-20(12-15-33)24-16-21(26-9-4-7-22(31-26)6-2-3-13-29)17-27-25(24)18-30-34(27)28-10-5-8-23(19-35)32-28/h4-5,7-10,16-18,20,35H,2-3,6,11-15,19,29H2,1H3. The van der Waals surface area contributed by atoms with Crippen LogP contribution in [0.15, 0.2) is 54.7 Å². The first-order chi connectivity index (χ1) is 17.2. The molecule has 7 nitrogen and oxygen atoms in total. The van der Waals surface area contributed by atoms with Crippen molar-refractivity contribution < 1.29 is 5.11 Å². The molecule has 3 N–H and O–H groups in total. The quantitative estimate of drug-likeness (QED) is 0.377. The number of aromatic nitrogens is 4. The molecule has 1 aliphatic rings. The Hall–Kier alpha value is -3.13. The molecule has 0 saturated carbocycles. The minimum absolute atomic E-state index is 0.0972. The molecular formula is C28H34N6O. The number of aliphatic hydroxyl groups excluding tert-OH is 1. The molecule has 1 saturated heterocycles. The number of rotatable bonds is 8. The molecular weight excluding hydrogens is 436 g/mol. The number of likely N-dealkylation sites (tertiary alicyclic amines) is 1. The third-order valence-corrected chi connectivity index (χ3v) is 7.04. The van der Waals surface area contributed by atoms with Crippen LogP contribution in [0.3, 0.4) is 0 Å². The second kappa shape index (κ2) is 10.6. The van der Waals surface area contributed by atoms with E-state index < -0.39 is 0 Å². The van der Waals surface area contributed by atoms with Crippen LogP contribution in [0.1, 0.15) is 48.6 Å². The van der Waals surface area contributed by atoms with Crippen LogP contribution in [-0.2, 0) is 13.0 Å². The van der Waals surface area contributed by atoms with Gasteiger partial charge < -0.3 is 15.7 Å². The predicted molar refractivity (Wildman–Crippen MR) is 139 cm³/mol. The molecule has 7 heteroatoms. The molecule has 4 heterocycles. The number of unbranched alkanes of at least 4 members (excludes halogenated alkanes) is 1. The maximum Gasteiger partial charge on any atom is 0.154 e. The smallest absolute Gasteiger partial charge is 0.154 e. The summed E-state index contributed by atoms with van der Waals surface area (Å²) in [4.78, 5) is 12.0. The van der Waals surface area contributed by atoms with Crippen molar-refractivity contribution >= 4 is 10.9 Å². The van der Waals surface area contributed by atoms with Gasteiger partial charge in [0, 0.05) is 16.6 Å². The van der Waals surface area contributed by atoms with Crippen LogP contribution in [0.5, 0.6) is 0 Å². The second-order valence-electron chi connectivity index (χ2n) is 9.54. The summed E-state index contributed by atoms with van der Waals surface area (Å²) in [5, 5.41) is 15.5. The number of nitrogens with zero attached hydrogens (tertiary/aromatic N) is 5. The summed E-state index contributed by atoms with van der Waals surface area (Å²) in [6.45, 7) is 2.81. The zero-order valence-electron chi connectivity index (χ0n) is 20.4. The number of aryl methyl sites for hydroxylation is 1. The summed E-state index contributed by atoms with van der Waals surface area (Å²) in [5.41, 5.74) is 11.9. The summed E-state index contributed by atoms with van der Waals surface area (Å²) in [6.07, 6.45) is 7.22. The second-order valence-corrected chi connectivity index (χ2v) is 9.54. The van der Waals surface area contributed by atoms with Crippen LogP contribution in [0, 0.1) is 0 Å². The van der Waals surface area contributed by atoms with Gasteiger partial charge in [0.2, 0.25) is 0 Å². The Bertz CT molecular complexity index is 1290. The lowest BCUT2D eigenvalue weighted by Crippen LogP contribution is -2.29. The Morgan fingerprint density at radius 3 is 2.60 bits per heavy atom. The number of nitrogens with two attached hydrogens (primary N) is 1. The first kappa shape index (κ1) is 23.6. The number of hydrogen-bond acceptors (Lipinski definition) is 6. The van der Waals surface area contributed by atoms with Crippen molar-refractivity contribution in [1.82, 2.24) is 24.6 Å². The Labute approximate surface area is 206 Å². The third-order valence-electron chi connectivity index (χ3n) is 7.04. The van der Waals surface area contributed by atoms with Gasteiger partial charge in [-0.3, -0.25) is 4.98 Å². The van der Waals surface area contributed by atoms with E-state index >= 15 is 0 Å². The number of pyridine rings is 2. The van der Waals surface area contributed by atoms with Crippen molar-refractivity contribution in [3.63, 3.8) is 0 Å². The lowest BCUT2D eigenvalue weighted by atomic mass is 9.86. The monoisotopic (exact) mass is 470 g/mol. The van der Waals surface area contributed by atoms with Crippen molar-refractivity contribution in [2.75, 3.05) is 26.7 Å². The summed E-state index contributed by atoms with van der Waals surface area (Å²) in [5.74, 6) is 1.19. The fourth-order valence-electron chi connectivity index (χ4n) is 5.04. The fraction of sp³-hybridized carbons (Fsp3) is 0.393. The molecule has 1 fully saturated rings. The Kier molecular flexibility index (Phi) is 7.18. The van der Waals surface area contributed by atoms with Crippen LogP contribution in [-0.4, -0.2) is 56.4 Å². The molecule has 0 atom stereocenters. The number of fused-ring (bicyclic) bond motifs is 1. The van der Waals surface area contributed by atoms with Crippen molar-refractivity contribution in [3.8, 4) is 17.1 Å². The molecule has 4 aromatic rings. The van der Waals surface area contributed by atoms with E-state index in [9.17, 15) is 5.11 Å². The van der Waals surface area contributed by atoms with Gasteiger partial charge in [-0.2, -0.15) is 5.10 Å². The number of piperidine rings is 1. The summed E-state index contributed by atoms with van der Waals surface area (Å²) in [7, 11) is 2.19. The van der Waals surface area contributed by atoms with Crippen LogP contribution in [0.25, 0.3) is 28.0 Å². The van der Waals surface area contributed by atoms with Crippen LogP contribution >= 0.6 is 0 Å². The van der Waals surface area contributed by atoms with Crippen molar-refractivity contribution in [2.45, 2.75) is 44.6 Å². The van der Waals surface area contributed by atoms with Gasteiger partial charge in [0.15, 0.2) is 5.82 Å². The van der Waals surface area contributed by atoms with Gasteiger partial charge in [-0.15, -0.1) is 0 Å². The molecule has 5 rings (SSSR count). The average Bonchev–Trinajstić information content (AvgIpc) is 3.33. The molecule has 0 radical (unpaired) electrons. The van der Waals surface area contributed by atoms with E-state index in [-0.39, 0.29) is 6.61 Å². The Morgan fingerprint density at radius 1 is 1.00 bits per heavy atom. The van der Waals surface area contributed by atoms with Gasteiger partial charge in [0.05, 0.1) is 29.7 Å². The van der Waals surface area contributed by atoms with Gasteiger partial charge in [0.1, 0.15) is 0 Å². The van der Waals surface area contributed by atoms with E-state index in [1.54, 1.807) is 0 Å².